The summed E-state index contributed by atoms with van der Waals surface area (Å²) >= 11 is 0. The fourth-order valence-corrected chi connectivity index (χ4v) is 1.18. The van der Waals surface area contributed by atoms with Gasteiger partial charge in [-0.1, -0.05) is 0 Å². The van der Waals surface area contributed by atoms with Crippen molar-refractivity contribution in [3.05, 3.63) is 23.8 Å². The van der Waals surface area contributed by atoms with Crippen molar-refractivity contribution >= 4 is 23.8 Å². The molecular formula is C10H18ClN3O. The van der Waals surface area contributed by atoms with Gasteiger partial charge < -0.3 is 21.5 Å². The molecule has 5 N–H and O–H groups in total. The van der Waals surface area contributed by atoms with E-state index in [0.29, 0.717) is 6.61 Å². The number of hydrogen-bond acceptors (Lipinski definition) is 4. The molecule has 0 aliphatic heterocycles. The van der Waals surface area contributed by atoms with Crippen molar-refractivity contribution in [2.75, 3.05) is 31.7 Å². The monoisotopic (exact) mass is 231 g/mol. The molecular weight excluding hydrogens is 214 g/mol. The minimum absolute atomic E-state index is 0. The van der Waals surface area contributed by atoms with Crippen molar-refractivity contribution < 1.29 is 4.74 Å². The van der Waals surface area contributed by atoms with Gasteiger partial charge in [-0.15, -0.1) is 12.4 Å². The van der Waals surface area contributed by atoms with Crippen molar-refractivity contribution in [2.45, 2.75) is 6.54 Å². The lowest BCUT2D eigenvalue weighted by molar-refractivity contribution is 0.199. The summed E-state index contributed by atoms with van der Waals surface area (Å²) in [6.07, 6.45) is 0. The predicted molar refractivity (Wildman–Crippen MR) is 66.1 cm³/mol. The Hall–Kier alpha value is -0.970. The quantitative estimate of drug-likeness (QED) is 0.522. The molecule has 15 heavy (non-hydrogen) atoms. The third-order valence-electron chi connectivity index (χ3n) is 1.97. The molecule has 0 heterocycles. The van der Waals surface area contributed by atoms with E-state index in [1.807, 2.05) is 12.1 Å². The number of methoxy groups -OCH3 is 1. The van der Waals surface area contributed by atoms with Crippen LogP contribution >= 0.6 is 12.4 Å². The van der Waals surface area contributed by atoms with Gasteiger partial charge in [0.1, 0.15) is 0 Å². The van der Waals surface area contributed by atoms with Crippen LogP contribution in [0.4, 0.5) is 11.4 Å². The van der Waals surface area contributed by atoms with E-state index in [1.165, 1.54) is 0 Å². The Labute approximate surface area is 96.4 Å². The number of nitrogen functional groups attached to an aromatic ring is 2. The molecule has 1 aromatic carbocycles. The first kappa shape index (κ1) is 14.0. The normalized spacial score (nSPS) is 9.67. The maximum absolute atomic E-state index is 5.78. The van der Waals surface area contributed by atoms with Crippen LogP contribution in [0.3, 0.4) is 0 Å². The molecule has 1 aromatic rings. The molecule has 0 fully saturated rings. The molecule has 0 aliphatic carbocycles. The molecule has 0 spiro atoms. The summed E-state index contributed by atoms with van der Waals surface area (Å²) in [4.78, 5) is 0. The van der Waals surface area contributed by atoms with E-state index in [1.54, 1.807) is 13.2 Å². The second-order valence-corrected chi connectivity index (χ2v) is 3.13. The van der Waals surface area contributed by atoms with Crippen LogP contribution < -0.4 is 16.8 Å². The van der Waals surface area contributed by atoms with Crippen LogP contribution in [0, 0.1) is 0 Å². The maximum Gasteiger partial charge on any atom is 0.0587 e. The van der Waals surface area contributed by atoms with Gasteiger partial charge in [0.15, 0.2) is 0 Å². The van der Waals surface area contributed by atoms with E-state index in [4.69, 9.17) is 16.2 Å². The van der Waals surface area contributed by atoms with Crippen LogP contribution in [-0.4, -0.2) is 20.3 Å². The van der Waals surface area contributed by atoms with Crippen molar-refractivity contribution in [1.29, 1.82) is 0 Å². The van der Waals surface area contributed by atoms with Crippen molar-refractivity contribution in [3.63, 3.8) is 0 Å². The Balaban J connectivity index is 0.00000196. The number of ether oxygens (including phenoxy) is 1. The van der Waals surface area contributed by atoms with Gasteiger partial charge in [-0.25, -0.2) is 0 Å². The van der Waals surface area contributed by atoms with Crippen LogP contribution in [0.25, 0.3) is 0 Å². The van der Waals surface area contributed by atoms with Crippen LogP contribution in [0.1, 0.15) is 5.56 Å². The minimum Gasteiger partial charge on any atom is -0.399 e. The van der Waals surface area contributed by atoms with E-state index < -0.39 is 0 Å². The Morgan fingerprint density at radius 3 is 2.73 bits per heavy atom. The van der Waals surface area contributed by atoms with Gasteiger partial charge in [0.25, 0.3) is 0 Å². The number of nitrogens with one attached hydrogen (secondary N) is 1. The molecule has 0 saturated carbocycles. The summed E-state index contributed by atoms with van der Waals surface area (Å²) in [6.45, 7) is 2.23. The van der Waals surface area contributed by atoms with E-state index >= 15 is 0 Å². The van der Waals surface area contributed by atoms with Crippen LogP contribution in [0.2, 0.25) is 0 Å². The average molecular weight is 232 g/mol. The first-order chi connectivity index (χ1) is 6.74. The summed E-state index contributed by atoms with van der Waals surface area (Å²) in [5.74, 6) is 0. The number of benzene rings is 1. The van der Waals surface area contributed by atoms with E-state index in [2.05, 4.69) is 5.32 Å². The first-order valence-corrected chi connectivity index (χ1v) is 4.57. The fourth-order valence-electron chi connectivity index (χ4n) is 1.18. The van der Waals surface area contributed by atoms with Crippen molar-refractivity contribution in [2.24, 2.45) is 0 Å². The second kappa shape index (κ2) is 7.34. The molecule has 0 amide bonds. The topological polar surface area (TPSA) is 73.3 Å². The highest BCUT2D eigenvalue weighted by Gasteiger charge is 1.98. The summed E-state index contributed by atoms with van der Waals surface area (Å²) in [6, 6.07) is 5.51. The average Bonchev–Trinajstić information content (AvgIpc) is 2.18. The molecule has 0 saturated heterocycles. The summed E-state index contributed by atoms with van der Waals surface area (Å²) in [5, 5.41) is 3.21. The second-order valence-electron chi connectivity index (χ2n) is 3.13. The Morgan fingerprint density at radius 1 is 1.33 bits per heavy atom. The van der Waals surface area contributed by atoms with Crippen LogP contribution in [-0.2, 0) is 11.3 Å². The van der Waals surface area contributed by atoms with Gasteiger partial charge in [0.2, 0.25) is 0 Å². The van der Waals surface area contributed by atoms with E-state index in [9.17, 15) is 0 Å². The highest BCUT2D eigenvalue weighted by Crippen LogP contribution is 2.14. The first-order valence-electron chi connectivity index (χ1n) is 4.57. The minimum atomic E-state index is 0. The Kier molecular flexibility index (Phi) is 6.86. The van der Waals surface area contributed by atoms with Gasteiger partial charge >= 0.3 is 0 Å². The molecule has 86 valence electrons. The summed E-state index contributed by atoms with van der Waals surface area (Å²) < 4.78 is 4.92. The Bertz CT molecular complexity index is 294. The predicted octanol–water partition coefficient (Wildman–Crippen LogP) is 1.01. The standard InChI is InChI=1S/C10H17N3O.ClH/c1-14-5-4-13-7-8-6-9(11)2-3-10(8)12;/h2-3,6,13H,4-5,7,11-12H2,1H3;1H. The van der Waals surface area contributed by atoms with Crippen LogP contribution in [0.15, 0.2) is 18.2 Å². The lowest BCUT2D eigenvalue weighted by Gasteiger charge is -2.07. The van der Waals surface area contributed by atoms with Crippen LogP contribution in [0.5, 0.6) is 0 Å². The molecule has 0 aliphatic rings. The number of rotatable bonds is 5. The van der Waals surface area contributed by atoms with Gasteiger partial charge in [-0.3, -0.25) is 0 Å². The van der Waals surface area contributed by atoms with E-state index in [-0.39, 0.29) is 12.4 Å². The highest BCUT2D eigenvalue weighted by molar-refractivity contribution is 5.85. The van der Waals surface area contributed by atoms with Gasteiger partial charge in [0, 0.05) is 31.6 Å². The number of anilines is 2. The van der Waals surface area contributed by atoms with E-state index in [0.717, 1.165) is 30.0 Å². The zero-order valence-electron chi connectivity index (χ0n) is 8.82. The molecule has 0 atom stereocenters. The smallest absolute Gasteiger partial charge is 0.0587 e. The molecule has 0 unspecified atom stereocenters. The molecule has 0 bridgehead atoms. The maximum atomic E-state index is 5.78. The Morgan fingerprint density at radius 2 is 2.07 bits per heavy atom. The SMILES string of the molecule is COCCNCc1cc(N)ccc1N.Cl. The number of nitrogens with two attached hydrogens (primary N) is 2. The van der Waals surface area contributed by atoms with Gasteiger partial charge in [0.05, 0.1) is 6.61 Å². The fraction of sp³-hybridized carbons (Fsp3) is 0.400. The highest BCUT2D eigenvalue weighted by atomic mass is 35.5. The molecule has 0 aromatic heterocycles. The molecule has 0 radical (unpaired) electrons. The van der Waals surface area contributed by atoms with Crippen molar-refractivity contribution in [3.8, 4) is 0 Å². The largest absolute Gasteiger partial charge is 0.399 e. The summed E-state index contributed by atoms with van der Waals surface area (Å²) in [7, 11) is 1.68. The lowest BCUT2D eigenvalue weighted by atomic mass is 10.1. The number of hydrogen-bond donors (Lipinski definition) is 3. The molecule has 1 rings (SSSR count). The number of halogens is 1. The summed E-state index contributed by atoms with van der Waals surface area (Å²) in [5.41, 5.74) is 14.0. The molecule has 5 heteroatoms. The third-order valence-corrected chi connectivity index (χ3v) is 1.97. The van der Waals surface area contributed by atoms with Crippen molar-refractivity contribution in [1.82, 2.24) is 5.32 Å². The van der Waals surface area contributed by atoms with Gasteiger partial charge in [-0.2, -0.15) is 0 Å². The third kappa shape index (κ3) is 4.88. The van der Waals surface area contributed by atoms with Gasteiger partial charge in [-0.05, 0) is 23.8 Å². The lowest BCUT2D eigenvalue weighted by Crippen LogP contribution is -2.19. The molecule has 4 nitrogen and oxygen atoms in total. The zero-order chi connectivity index (χ0) is 10.4. The zero-order valence-corrected chi connectivity index (χ0v) is 9.64.